The molecule has 0 spiro atoms. The lowest BCUT2D eigenvalue weighted by Gasteiger charge is -2.23. The lowest BCUT2D eigenvalue weighted by Crippen LogP contribution is -2.26. The Kier molecular flexibility index (Phi) is 4.70. The van der Waals surface area contributed by atoms with Crippen molar-refractivity contribution in [1.82, 2.24) is 4.98 Å². The van der Waals surface area contributed by atoms with Crippen LogP contribution in [0.25, 0.3) is 0 Å². The summed E-state index contributed by atoms with van der Waals surface area (Å²) in [6.07, 6.45) is 3.14. The van der Waals surface area contributed by atoms with Crippen LogP contribution in [0.5, 0.6) is 5.88 Å². The molecule has 0 aromatic carbocycles. The van der Waals surface area contributed by atoms with Crippen LogP contribution in [0.3, 0.4) is 0 Å². The van der Waals surface area contributed by atoms with Gasteiger partial charge in [-0.3, -0.25) is 4.79 Å². The molecular formula is C13H17N2O4. The molecule has 2 rings (SSSR count). The van der Waals surface area contributed by atoms with E-state index in [-0.39, 0.29) is 18.4 Å². The summed E-state index contributed by atoms with van der Waals surface area (Å²) < 4.78 is 10.9. The first-order chi connectivity index (χ1) is 9.20. The van der Waals surface area contributed by atoms with Crippen molar-refractivity contribution in [2.24, 2.45) is 5.73 Å². The molecule has 0 bridgehead atoms. The van der Waals surface area contributed by atoms with Crippen molar-refractivity contribution in [3.63, 3.8) is 0 Å². The second-order valence-corrected chi connectivity index (χ2v) is 4.27. The van der Waals surface area contributed by atoms with E-state index in [0.29, 0.717) is 24.7 Å². The molecular weight excluding hydrogens is 248 g/mol. The van der Waals surface area contributed by atoms with Gasteiger partial charge in [0.25, 0.3) is 5.91 Å². The maximum atomic E-state index is 11.3. The molecule has 1 aliphatic rings. The standard InChI is InChI=1S/C13H17N2O4/c14-13(17)12-9(3-6-16)1-2-11(15-12)19-10-4-7-18-8-5-10/h1-3,10,16H,4-8H2,(H2,14,17). The average molecular weight is 265 g/mol. The average Bonchev–Trinajstić information content (AvgIpc) is 2.42. The van der Waals surface area contributed by atoms with Gasteiger partial charge < -0.3 is 20.3 Å². The first-order valence-corrected chi connectivity index (χ1v) is 6.20. The molecule has 0 atom stereocenters. The summed E-state index contributed by atoms with van der Waals surface area (Å²) in [5, 5.41) is 8.88. The second kappa shape index (κ2) is 6.49. The smallest absolute Gasteiger partial charge is 0.267 e. The maximum Gasteiger partial charge on any atom is 0.267 e. The van der Waals surface area contributed by atoms with E-state index in [1.807, 2.05) is 0 Å². The van der Waals surface area contributed by atoms with Gasteiger partial charge in [-0.15, -0.1) is 0 Å². The van der Waals surface area contributed by atoms with Crippen LogP contribution in [0.1, 0.15) is 28.9 Å². The van der Waals surface area contributed by atoms with Gasteiger partial charge in [0, 0.05) is 25.3 Å². The molecule has 0 unspecified atom stereocenters. The van der Waals surface area contributed by atoms with Crippen molar-refractivity contribution in [3.05, 3.63) is 29.8 Å². The van der Waals surface area contributed by atoms with Gasteiger partial charge in [-0.05, 0) is 5.56 Å². The van der Waals surface area contributed by atoms with Gasteiger partial charge in [0.15, 0.2) is 0 Å². The lowest BCUT2D eigenvalue weighted by molar-refractivity contribution is 0.0236. The van der Waals surface area contributed by atoms with Gasteiger partial charge in [0.2, 0.25) is 5.88 Å². The molecule has 1 aliphatic heterocycles. The molecule has 0 aliphatic carbocycles. The number of amides is 1. The number of nitrogens with zero attached hydrogens (tertiary/aromatic N) is 1. The van der Waals surface area contributed by atoms with Crippen LogP contribution in [0, 0.1) is 6.42 Å². The Hall–Kier alpha value is -1.66. The quantitative estimate of drug-likeness (QED) is 0.797. The van der Waals surface area contributed by atoms with Crippen molar-refractivity contribution in [1.29, 1.82) is 0 Å². The summed E-state index contributed by atoms with van der Waals surface area (Å²) in [4.78, 5) is 15.4. The van der Waals surface area contributed by atoms with E-state index in [9.17, 15) is 4.79 Å². The second-order valence-electron chi connectivity index (χ2n) is 4.27. The van der Waals surface area contributed by atoms with Crippen LogP contribution in [-0.2, 0) is 4.74 Å². The van der Waals surface area contributed by atoms with Crippen LogP contribution in [0.15, 0.2) is 12.1 Å². The van der Waals surface area contributed by atoms with Crippen LogP contribution in [0.2, 0.25) is 0 Å². The fourth-order valence-corrected chi connectivity index (χ4v) is 1.94. The van der Waals surface area contributed by atoms with Crippen molar-refractivity contribution in [2.75, 3.05) is 19.8 Å². The molecule has 1 amide bonds. The number of carbonyl (C=O) groups is 1. The summed E-state index contributed by atoms with van der Waals surface area (Å²) >= 11 is 0. The van der Waals surface area contributed by atoms with E-state index in [1.165, 1.54) is 6.42 Å². The van der Waals surface area contributed by atoms with E-state index in [2.05, 4.69) is 4.98 Å². The van der Waals surface area contributed by atoms with Crippen molar-refractivity contribution in [2.45, 2.75) is 18.9 Å². The Bertz CT molecular complexity index is 444. The summed E-state index contributed by atoms with van der Waals surface area (Å²) in [6, 6.07) is 3.33. The molecule has 0 saturated carbocycles. The van der Waals surface area contributed by atoms with Gasteiger partial charge in [0.05, 0.1) is 19.8 Å². The third-order valence-electron chi connectivity index (χ3n) is 2.90. The Morgan fingerprint density at radius 3 is 2.89 bits per heavy atom. The Labute approximate surface area is 111 Å². The highest BCUT2D eigenvalue weighted by Crippen LogP contribution is 2.19. The summed E-state index contributed by atoms with van der Waals surface area (Å²) in [5.74, 6) is -0.270. The number of primary amides is 1. The van der Waals surface area contributed by atoms with Crippen molar-refractivity contribution < 1.29 is 19.4 Å². The zero-order chi connectivity index (χ0) is 13.7. The normalized spacial score (nSPS) is 16.3. The van der Waals surface area contributed by atoms with Gasteiger partial charge in [-0.1, -0.05) is 6.07 Å². The first-order valence-electron chi connectivity index (χ1n) is 6.20. The van der Waals surface area contributed by atoms with Crippen LogP contribution < -0.4 is 10.5 Å². The third kappa shape index (κ3) is 3.65. The summed E-state index contributed by atoms with van der Waals surface area (Å²) in [7, 11) is 0. The molecule has 1 fully saturated rings. The number of pyridine rings is 1. The summed E-state index contributed by atoms with van der Waals surface area (Å²) in [5.41, 5.74) is 5.89. The molecule has 3 N–H and O–H groups in total. The predicted molar refractivity (Wildman–Crippen MR) is 67.7 cm³/mol. The van der Waals surface area contributed by atoms with Gasteiger partial charge >= 0.3 is 0 Å². The number of ether oxygens (including phenoxy) is 2. The Morgan fingerprint density at radius 1 is 1.53 bits per heavy atom. The number of aliphatic hydroxyl groups is 1. The van der Waals surface area contributed by atoms with Crippen LogP contribution in [0.4, 0.5) is 0 Å². The van der Waals surface area contributed by atoms with Crippen LogP contribution in [-0.4, -0.2) is 41.9 Å². The third-order valence-corrected chi connectivity index (χ3v) is 2.90. The molecule has 1 aromatic rings. The Balaban J connectivity index is 2.12. The summed E-state index contributed by atoms with van der Waals surface area (Å²) in [6.45, 7) is 1.16. The van der Waals surface area contributed by atoms with E-state index < -0.39 is 5.91 Å². The first kappa shape index (κ1) is 13.8. The van der Waals surface area contributed by atoms with Crippen LogP contribution >= 0.6 is 0 Å². The minimum absolute atomic E-state index is 0.0506. The highest BCUT2D eigenvalue weighted by molar-refractivity contribution is 5.92. The van der Waals surface area contributed by atoms with E-state index in [0.717, 1.165) is 12.8 Å². The van der Waals surface area contributed by atoms with Gasteiger partial charge in [-0.25, -0.2) is 4.98 Å². The minimum atomic E-state index is -0.642. The van der Waals surface area contributed by atoms with Crippen molar-refractivity contribution in [3.8, 4) is 5.88 Å². The highest BCUT2D eigenvalue weighted by atomic mass is 16.5. The number of aliphatic hydroxyl groups excluding tert-OH is 1. The number of nitrogens with two attached hydrogens (primary N) is 1. The van der Waals surface area contributed by atoms with E-state index in [4.69, 9.17) is 20.3 Å². The molecule has 1 saturated heterocycles. The largest absolute Gasteiger partial charge is 0.474 e. The van der Waals surface area contributed by atoms with E-state index >= 15 is 0 Å². The molecule has 6 nitrogen and oxygen atoms in total. The molecule has 1 aromatic heterocycles. The zero-order valence-electron chi connectivity index (χ0n) is 10.5. The fraction of sp³-hybridized carbons (Fsp3) is 0.462. The molecule has 1 radical (unpaired) electrons. The highest BCUT2D eigenvalue weighted by Gasteiger charge is 2.17. The number of rotatable bonds is 5. The maximum absolute atomic E-state index is 11.3. The molecule has 6 heteroatoms. The number of aromatic nitrogens is 1. The Morgan fingerprint density at radius 2 is 2.26 bits per heavy atom. The minimum Gasteiger partial charge on any atom is -0.474 e. The van der Waals surface area contributed by atoms with Gasteiger partial charge in [-0.2, -0.15) is 0 Å². The molecule has 103 valence electrons. The predicted octanol–water partition coefficient (Wildman–Crippen LogP) is 0.283. The number of hydrogen-bond acceptors (Lipinski definition) is 5. The number of carbonyl (C=O) groups excluding carboxylic acids is 1. The lowest BCUT2D eigenvalue weighted by atomic mass is 10.1. The molecule has 2 heterocycles. The topological polar surface area (TPSA) is 94.7 Å². The fourth-order valence-electron chi connectivity index (χ4n) is 1.94. The molecule has 19 heavy (non-hydrogen) atoms. The number of hydrogen-bond donors (Lipinski definition) is 2. The zero-order valence-corrected chi connectivity index (χ0v) is 10.5. The monoisotopic (exact) mass is 265 g/mol. The SMILES string of the molecule is NC(=O)c1nc(OC2CCOCC2)ccc1[CH]CO. The van der Waals surface area contributed by atoms with Gasteiger partial charge in [0.1, 0.15) is 11.8 Å². The van der Waals surface area contributed by atoms with E-state index in [1.54, 1.807) is 12.1 Å². The van der Waals surface area contributed by atoms with Crippen molar-refractivity contribution >= 4 is 5.91 Å².